The summed E-state index contributed by atoms with van der Waals surface area (Å²) >= 11 is 6.25. The first-order valence-electron chi connectivity index (χ1n) is 6.89. The predicted molar refractivity (Wildman–Crippen MR) is 76.3 cm³/mol. The molecule has 1 saturated heterocycles. The maximum Gasteiger partial charge on any atom is 0.328 e. The number of hydrogen-bond acceptors (Lipinski definition) is 3. The summed E-state index contributed by atoms with van der Waals surface area (Å²) in [6.45, 7) is 4.08. The van der Waals surface area contributed by atoms with E-state index in [2.05, 4.69) is 4.90 Å². The average Bonchev–Trinajstić information content (AvgIpc) is 2.43. The fourth-order valence-corrected chi connectivity index (χ4v) is 2.81. The summed E-state index contributed by atoms with van der Waals surface area (Å²) in [6, 6.07) is 7.17. The van der Waals surface area contributed by atoms with Crippen LogP contribution in [0.5, 0.6) is 0 Å². The number of ether oxygens (including phenoxy) is 1. The van der Waals surface area contributed by atoms with Gasteiger partial charge in [-0.15, -0.1) is 0 Å². The average molecular weight is 282 g/mol. The molecule has 0 bridgehead atoms. The molecule has 1 aliphatic rings. The molecule has 1 unspecified atom stereocenters. The topological polar surface area (TPSA) is 29.5 Å². The van der Waals surface area contributed by atoms with Crippen molar-refractivity contribution in [3.63, 3.8) is 0 Å². The van der Waals surface area contributed by atoms with Crippen molar-refractivity contribution in [3.05, 3.63) is 34.9 Å². The monoisotopic (exact) mass is 281 g/mol. The van der Waals surface area contributed by atoms with Crippen LogP contribution in [0.4, 0.5) is 0 Å². The molecule has 1 aromatic carbocycles. The second-order valence-electron chi connectivity index (χ2n) is 4.77. The quantitative estimate of drug-likeness (QED) is 0.792. The van der Waals surface area contributed by atoms with Crippen molar-refractivity contribution in [3.8, 4) is 0 Å². The van der Waals surface area contributed by atoms with Gasteiger partial charge in [0.25, 0.3) is 0 Å². The Balaban J connectivity index is 2.28. The highest BCUT2D eigenvalue weighted by Crippen LogP contribution is 2.30. The van der Waals surface area contributed by atoms with E-state index in [9.17, 15) is 4.79 Å². The first kappa shape index (κ1) is 14.4. The van der Waals surface area contributed by atoms with Crippen molar-refractivity contribution in [2.45, 2.75) is 32.2 Å². The minimum Gasteiger partial charge on any atom is -0.465 e. The number of piperidine rings is 1. The molecule has 1 heterocycles. The SMILES string of the molecule is CCOC(=O)C(c1ccccc1Cl)N1CCCCC1. The summed E-state index contributed by atoms with van der Waals surface area (Å²) in [4.78, 5) is 14.5. The molecule has 3 nitrogen and oxygen atoms in total. The summed E-state index contributed by atoms with van der Waals surface area (Å²) in [7, 11) is 0. The van der Waals surface area contributed by atoms with Crippen molar-refractivity contribution in [2.75, 3.05) is 19.7 Å². The third-order valence-corrected chi connectivity index (χ3v) is 3.81. The highest BCUT2D eigenvalue weighted by molar-refractivity contribution is 6.31. The van der Waals surface area contributed by atoms with Gasteiger partial charge in [0.05, 0.1) is 6.61 Å². The molecule has 19 heavy (non-hydrogen) atoms. The summed E-state index contributed by atoms with van der Waals surface area (Å²) < 4.78 is 5.23. The summed E-state index contributed by atoms with van der Waals surface area (Å²) in [5.74, 6) is -0.197. The Hall–Kier alpha value is -1.06. The molecule has 0 N–H and O–H groups in total. The van der Waals surface area contributed by atoms with Gasteiger partial charge in [-0.25, -0.2) is 4.79 Å². The third-order valence-electron chi connectivity index (χ3n) is 3.47. The van der Waals surface area contributed by atoms with Gasteiger partial charge in [-0.3, -0.25) is 4.90 Å². The lowest BCUT2D eigenvalue weighted by Gasteiger charge is -2.33. The van der Waals surface area contributed by atoms with Gasteiger partial charge in [0.2, 0.25) is 0 Å². The highest BCUT2D eigenvalue weighted by atomic mass is 35.5. The number of halogens is 1. The van der Waals surface area contributed by atoms with Gasteiger partial charge >= 0.3 is 5.97 Å². The number of rotatable bonds is 4. The molecular formula is C15H20ClNO2. The molecule has 0 aromatic heterocycles. The lowest BCUT2D eigenvalue weighted by Crippen LogP contribution is -2.38. The highest BCUT2D eigenvalue weighted by Gasteiger charge is 2.31. The van der Waals surface area contributed by atoms with E-state index in [1.165, 1.54) is 6.42 Å². The first-order valence-corrected chi connectivity index (χ1v) is 7.27. The van der Waals surface area contributed by atoms with Gasteiger partial charge in [0.1, 0.15) is 6.04 Å². The van der Waals surface area contributed by atoms with E-state index >= 15 is 0 Å². The van der Waals surface area contributed by atoms with Crippen LogP contribution < -0.4 is 0 Å². The molecule has 0 radical (unpaired) electrons. The molecule has 104 valence electrons. The second kappa shape index (κ2) is 6.92. The molecule has 1 aliphatic heterocycles. The van der Waals surface area contributed by atoms with Gasteiger partial charge < -0.3 is 4.74 Å². The Morgan fingerprint density at radius 2 is 2.00 bits per heavy atom. The van der Waals surface area contributed by atoms with Crippen LogP contribution in [0.3, 0.4) is 0 Å². The number of carbonyl (C=O) groups is 1. The van der Waals surface area contributed by atoms with Gasteiger partial charge in [-0.05, 0) is 44.5 Å². The number of benzene rings is 1. The predicted octanol–water partition coefficient (Wildman–Crippen LogP) is 3.43. The van der Waals surface area contributed by atoms with Crippen molar-refractivity contribution in [2.24, 2.45) is 0 Å². The van der Waals surface area contributed by atoms with E-state index < -0.39 is 0 Å². The third kappa shape index (κ3) is 3.48. The van der Waals surface area contributed by atoms with E-state index in [0.29, 0.717) is 11.6 Å². The number of nitrogens with zero attached hydrogens (tertiary/aromatic N) is 1. The van der Waals surface area contributed by atoms with Crippen molar-refractivity contribution < 1.29 is 9.53 Å². The van der Waals surface area contributed by atoms with Crippen LogP contribution in [0.15, 0.2) is 24.3 Å². The fourth-order valence-electron chi connectivity index (χ4n) is 2.57. The Morgan fingerprint density at radius 1 is 1.32 bits per heavy atom. The second-order valence-corrected chi connectivity index (χ2v) is 5.18. The Bertz CT molecular complexity index is 430. The van der Waals surface area contributed by atoms with Crippen molar-refractivity contribution in [1.29, 1.82) is 0 Å². The van der Waals surface area contributed by atoms with Crippen molar-refractivity contribution >= 4 is 17.6 Å². The maximum atomic E-state index is 12.3. The molecule has 1 aromatic rings. The van der Waals surface area contributed by atoms with E-state index in [0.717, 1.165) is 31.5 Å². The zero-order valence-electron chi connectivity index (χ0n) is 11.3. The van der Waals surface area contributed by atoms with Gasteiger partial charge in [0, 0.05) is 5.02 Å². The molecule has 4 heteroatoms. The number of likely N-dealkylation sites (tertiary alicyclic amines) is 1. The Labute approximate surface area is 119 Å². The number of hydrogen-bond donors (Lipinski definition) is 0. The standard InChI is InChI=1S/C15H20ClNO2/c1-2-19-15(18)14(17-10-6-3-7-11-17)12-8-4-5-9-13(12)16/h4-5,8-9,14H,2-3,6-7,10-11H2,1H3. The van der Waals surface area contributed by atoms with Gasteiger partial charge in [-0.1, -0.05) is 36.2 Å². The lowest BCUT2D eigenvalue weighted by molar-refractivity contribution is -0.150. The van der Waals surface area contributed by atoms with Gasteiger partial charge in [0.15, 0.2) is 0 Å². The largest absolute Gasteiger partial charge is 0.465 e. The Kier molecular flexibility index (Phi) is 5.23. The fraction of sp³-hybridized carbons (Fsp3) is 0.533. The molecule has 2 rings (SSSR count). The molecular weight excluding hydrogens is 262 g/mol. The van der Waals surface area contributed by atoms with E-state index in [4.69, 9.17) is 16.3 Å². The molecule has 1 fully saturated rings. The zero-order valence-corrected chi connectivity index (χ0v) is 12.0. The molecule has 0 saturated carbocycles. The zero-order chi connectivity index (χ0) is 13.7. The van der Waals surface area contributed by atoms with Crippen LogP contribution in [-0.2, 0) is 9.53 Å². The van der Waals surface area contributed by atoms with Crippen LogP contribution in [0.2, 0.25) is 5.02 Å². The lowest BCUT2D eigenvalue weighted by atomic mass is 10.0. The van der Waals surface area contributed by atoms with Crippen LogP contribution in [0, 0.1) is 0 Å². The minimum atomic E-state index is -0.367. The number of esters is 1. The van der Waals surface area contributed by atoms with E-state index in [1.54, 1.807) is 0 Å². The Morgan fingerprint density at radius 3 is 2.63 bits per heavy atom. The summed E-state index contributed by atoms with van der Waals surface area (Å²) in [5, 5.41) is 0.631. The molecule has 1 atom stereocenters. The van der Waals surface area contributed by atoms with E-state index in [1.807, 2.05) is 31.2 Å². The first-order chi connectivity index (χ1) is 9.24. The maximum absolute atomic E-state index is 12.3. The smallest absolute Gasteiger partial charge is 0.328 e. The minimum absolute atomic E-state index is 0.197. The molecule has 0 spiro atoms. The van der Waals surface area contributed by atoms with Crippen molar-refractivity contribution in [1.82, 2.24) is 4.90 Å². The normalized spacial score (nSPS) is 18.0. The molecule has 0 amide bonds. The van der Waals surface area contributed by atoms with Crippen LogP contribution in [-0.4, -0.2) is 30.6 Å². The van der Waals surface area contributed by atoms with Crippen LogP contribution in [0.1, 0.15) is 37.8 Å². The molecule has 0 aliphatic carbocycles. The summed E-state index contributed by atoms with van der Waals surface area (Å²) in [5.41, 5.74) is 0.851. The number of carbonyl (C=O) groups excluding carboxylic acids is 1. The van der Waals surface area contributed by atoms with E-state index in [-0.39, 0.29) is 12.0 Å². The van der Waals surface area contributed by atoms with Gasteiger partial charge in [-0.2, -0.15) is 0 Å². The summed E-state index contributed by atoms with van der Waals surface area (Å²) in [6.07, 6.45) is 3.48. The van der Waals surface area contributed by atoms with Crippen LogP contribution in [0.25, 0.3) is 0 Å². The van der Waals surface area contributed by atoms with Crippen LogP contribution >= 0.6 is 11.6 Å².